The third kappa shape index (κ3) is 3.61. The van der Waals surface area contributed by atoms with Gasteiger partial charge in [-0.1, -0.05) is 0 Å². The first-order chi connectivity index (χ1) is 9.29. The van der Waals surface area contributed by atoms with Crippen molar-refractivity contribution in [3.8, 4) is 0 Å². The SMILES string of the molecule is NS(=O)(=O)c1ccc(CNS(=O)(=O)c2cccnc2)s1. The minimum atomic E-state index is -3.76. The highest BCUT2D eigenvalue weighted by Gasteiger charge is 2.15. The van der Waals surface area contributed by atoms with E-state index >= 15 is 0 Å². The van der Waals surface area contributed by atoms with Gasteiger partial charge < -0.3 is 0 Å². The molecule has 3 N–H and O–H groups in total. The third-order valence-corrected chi connectivity index (χ3v) is 6.21. The Kier molecular flexibility index (Phi) is 4.20. The lowest BCUT2D eigenvalue weighted by Gasteiger charge is -2.04. The largest absolute Gasteiger partial charge is 0.263 e. The van der Waals surface area contributed by atoms with Crippen LogP contribution < -0.4 is 9.86 Å². The fourth-order valence-electron chi connectivity index (χ4n) is 1.36. The third-order valence-electron chi connectivity index (χ3n) is 2.30. The minimum absolute atomic E-state index is 0.00641. The second-order valence-electron chi connectivity index (χ2n) is 3.78. The summed E-state index contributed by atoms with van der Waals surface area (Å²) in [7, 11) is -7.43. The van der Waals surface area contributed by atoms with E-state index in [2.05, 4.69) is 9.71 Å². The highest BCUT2D eigenvalue weighted by molar-refractivity contribution is 7.91. The van der Waals surface area contributed by atoms with E-state index in [4.69, 9.17) is 5.14 Å². The van der Waals surface area contributed by atoms with E-state index in [0.717, 1.165) is 11.3 Å². The maximum Gasteiger partial charge on any atom is 0.247 e. The number of primary sulfonamides is 1. The highest BCUT2D eigenvalue weighted by atomic mass is 32.2. The fraction of sp³-hybridized carbons (Fsp3) is 0.100. The smallest absolute Gasteiger partial charge is 0.247 e. The number of rotatable bonds is 5. The summed E-state index contributed by atoms with van der Waals surface area (Å²) in [4.78, 5) is 4.32. The molecule has 0 fully saturated rings. The normalized spacial score (nSPS) is 12.4. The first-order valence-electron chi connectivity index (χ1n) is 5.30. The van der Waals surface area contributed by atoms with Crippen molar-refractivity contribution in [1.29, 1.82) is 0 Å². The number of sulfonamides is 2. The van der Waals surface area contributed by atoms with Crippen LogP contribution in [0.25, 0.3) is 0 Å². The standard InChI is InChI=1S/C10H11N3O4S3/c11-19(14,15)10-4-3-8(18-10)6-13-20(16,17)9-2-1-5-12-7-9/h1-5,7,13H,6H2,(H2,11,14,15). The summed E-state index contributed by atoms with van der Waals surface area (Å²) in [5, 5.41) is 4.98. The Morgan fingerprint density at radius 3 is 2.50 bits per heavy atom. The molecule has 2 aromatic rings. The number of hydrogen-bond donors (Lipinski definition) is 2. The van der Waals surface area contributed by atoms with Gasteiger partial charge in [0, 0.05) is 23.8 Å². The van der Waals surface area contributed by atoms with E-state index in [1.165, 1.54) is 36.7 Å². The maximum absolute atomic E-state index is 11.9. The van der Waals surface area contributed by atoms with Gasteiger partial charge in [-0.05, 0) is 24.3 Å². The van der Waals surface area contributed by atoms with Crippen molar-refractivity contribution in [3.05, 3.63) is 41.5 Å². The van der Waals surface area contributed by atoms with Gasteiger partial charge in [0.25, 0.3) is 0 Å². The lowest BCUT2D eigenvalue weighted by Crippen LogP contribution is -2.22. The molecule has 0 spiro atoms. The molecule has 20 heavy (non-hydrogen) atoms. The van der Waals surface area contributed by atoms with Crippen LogP contribution in [0.2, 0.25) is 0 Å². The van der Waals surface area contributed by atoms with Gasteiger partial charge in [0.05, 0.1) is 0 Å². The summed E-state index contributed by atoms with van der Waals surface area (Å²) in [6.45, 7) is -0.0165. The average Bonchev–Trinajstić information content (AvgIpc) is 2.86. The minimum Gasteiger partial charge on any atom is -0.263 e. The Morgan fingerprint density at radius 2 is 1.95 bits per heavy atom. The molecule has 7 nitrogen and oxygen atoms in total. The Hall–Kier alpha value is -1.33. The number of hydrogen-bond acceptors (Lipinski definition) is 6. The number of nitrogens with zero attached hydrogens (tertiary/aromatic N) is 1. The Balaban J connectivity index is 2.11. The number of nitrogens with one attached hydrogen (secondary N) is 1. The molecule has 0 amide bonds. The first kappa shape index (κ1) is 15.1. The van der Waals surface area contributed by atoms with Crippen LogP contribution in [0.4, 0.5) is 0 Å². The molecule has 0 bridgehead atoms. The maximum atomic E-state index is 11.9. The Morgan fingerprint density at radius 1 is 1.20 bits per heavy atom. The van der Waals surface area contributed by atoms with Crippen molar-refractivity contribution in [2.75, 3.05) is 0 Å². The van der Waals surface area contributed by atoms with Crippen LogP contribution in [0.5, 0.6) is 0 Å². The molecule has 0 atom stereocenters. The van der Waals surface area contributed by atoms with Crippen LogP contribution in [0, 0.1) is 0 Å². The van der Waals surface area contributed by atoms with Crippen molar-refractivity contribution in [3.63, 3.8) is 0 Å². The molecule has 0 saturated carbocycles. The average molecular weight is 333 g/mol. The zero-order valence-electron chi connectivity index (χ0n) is 10.1. The molecular weight excluding hydrogens is 322 g/mol. The van der Waals surface area contributed by atoms with E-state index in [9.17, 15) is 16.8 Å². The second kappa shape index (κ2) is 5.58. The molecule has 0 aliphatic rings. The molecule has 0 aromatic carbocycles. The molecule has 2 heterocycles. The first-order valence-corrected chi connectivity index (χ1v) is 9.15. The van der Waals surface area contributed by atoms with E-state index in [1.807, 2.05) is 0 Å². The summed E-state index contributed by atoms with van der Waals surface area (Å²) in [6, 6.07) is 5.78. The Labute approximate surface area is 120 Å². The van der Waals surface area contributed by atoms with Crippen LogP contribution in [0.3, 0.4) is 0 Å². The summed E-state index contributed by atoms with van der Waals surface area (Å²) in [5.41, 5.74) is 0. The summed E-state index contributed by atoms with van der Waals surface area (Å²) < 4.78 is 48.4. The van der Waals surface area contributed by atoms with Gasteiger partial charge in [0.2, 0.25) is 20.0 Å². The fourth-order valence-corrected chi connectivity index (χ4v) is 4.14. The number of pyridine rings is 1. The second-order valence-corrected chi connectivity index (χ2v) is 8.50. The topological polar surface area (TPSA) is 119 Å². The molecule has 0 radical (unpaired) electrons. The van der Waals surface area contributed by atoms with Crippen LogP contribution in [0.1, 0.15) is 4.88 Å². The van der Waals surface area contributed by atoms with Gasteiger partial charge in [-0.25, -0.2) is 26.7 Å². The summed E-state index contributed by atoms with van der Waals surface area (Å²) >= 11 is 0.920. The van der Waals surface area contributed by atoms with Gasteiger partial charge in [-0.2, -0.15) is 0 Å². The van der Waals surface area contributed by atoms with Gasteiger partial charge in [-0.3, -0.25) is 4.98 Å². The Bertz CT molecular complexity index is 797. The molecule has 2 aromatic heterocycles. The van der Waals surface area contributed by atoms with Crippen molar-refractivity contribution in [2.45, 2.75) is 15.6 Å². The summed E-state index contributed by atoms with van der Waals surface area (Å²) in [6.07, 6.45) is 2.70. The molecule has 108 valence electrons. The van der Waals surface area contributed by atoms with Crippen molar-refractivity contribution in [2.24, 2.45) is 5.14 Å². The van der Waals surface area contributed by atoms with Crippen LogP contribution >= 0.6 is 11.3 Å². The monoisotopic (exact) mass is 333 g/mol. The van der Waals surface area contributed by atoms with Crippen LogP contribution in [-0.4, -0.2) is 21.8 Å². The zero-order chi connectivity index (χ0) is 14.8. The van der Waals surface area contributed by atoms with E-state index in [-0.39, 0.29) is 15.6 Å². The van der Waals surface area contributed by atoms with Crippen LogP contribution in [-0.2, 0) is 26.6 Å². The molecule has 0 aliphatic heterocycles. The quantitative estimate of drug-likeness (QED) is 0.814. The predicted octanol–water partition coefficient (Wildman–Crippen LogP) is 0.269. The van der Waals surface area contributed by atoms with Crippen LogP contribution in [0.15, 0.2) is 45.8 Å². The lowest BCUT2D eigenvalue weighted by molar-refractivity contribution is 0.581. The van der Waals surface area contributed by atoms with Gasteiger partial charge in [-0.15, -0.1) is 11.3 Å². The molecule has 2 rings (SSSR count). The van der Waals surface area contributed by atoms with Gasteiger partial charge in [0.15, 0.2) is 0 Å². The van der Waals surface area contributed by atoms with Crippen molar-refractivity contribution >= 4 is 31.4 Å². The van der Waals surface area contributed by atoms with E-state index in [0.29, 0.717) is 4.88 Å². The molecule has 10 heteroatoms. The molecule has 0 unspecified atom stereocenters. The van der Waals surface area contributed by atoms with E-state index < -0.39 is 20.0 Å². The van der Waals surface area contributed by atoms with E-state index in [1.54, 1.807) is 0 Å². The number of aromatic nitrogens is 1. The predicted molar refractivity (Wildman–Crippen MR) is 74.0 cm³/mol. The highest BCUT2D eigenvalue weighted by Crippen LogP contribution is 2.20. The van der Waals surface area contributed by atoms with Crippen molar-refractivity contribution < 1.29 is 16.8 Å². The lowest BCUT2D eigenvalue weighted by atomic mass is 10.5. The molecular formula is C10H11N3O4S3. The summed E-state index contributed by atoms with van der Waals surface area (Å²) in [5.74, 6) is 0. The van der Waals surface area contributed by atoms with Crippen molar-refractivity contribution in [1.82, 2.24) is 9.71 Å². The number of thiophene rings is 1. The van der Waals surface area contributed by atoms with Gasteiger partial charge >= 0.3 is 0 Å². The zero-order valence-corrected chi connectivity index (χ0v) is 12.5. The molecule has 0 aliphatic carbocycles. The van der Waals surface area contributed by atoms with Gasteiger partial charge in [0.1, 0.15) is 9.10 Å². The number of nitrogens with two attached hydrogens (primary N) is 1. The molecule has 0 saturated heterocycles.